The molecule has 6 aromatic carbocycles. The van der Waals surface area contributed by atoms with Gasteiger partial charge in [-0.25, -0.2) is 0 Å². The van der Waals surface area contributed by atoms with Gasteiger partial charge in [0.15, 0.2) is 0 Å². The summed E-state index contributed by atoms with van der Waals surface area (Å²) in [7, 11) is 0. The molecule has 277 valence electrons. The zero-order valence-corrected chi connectivity index (χ0v) is 36.7. The Morgan fingerprint density at radius 2 is 1.05 bits per heavy atom. The van der Waals surface area contributed by atoms with Crippen molar-refractivity contribution in [2.45, 2.75) is 31.1 Å². The molecule has 5 heteroatoms. The van der Waals surface area contributed by atoms with Crippen LogP contribution in [0.2, 0.25) is 17.3 Å². The van der Waals surface area contributed by atoms with E-state index in [1.165, 1.54) is 43.3 Å². The minimum Gasteiger partial charge on any atom is -0.500 e. The molecule has 1 radical (unpaired) electrons. The van der Waals surface area contributed by atoms with Crippen LogP contribution in [-0.2, 0) is 20.1 Å². The number of benzene rings is 6. The number of nitrogens with zero attached hydrogens (tertiary/aromatic N) is 2. The third-order valence-corrected chi connectivity index (χ3v) is 14.6. The summed E-state index contributed by atoms with van der Waals surface area (Å²) in [6, 6.07) is 59.1. The standard InChI is InChI=1S/C30H20NO.C21H22GeN.Ir/c1-20-19-31-28(18-25(20)22-10-6-3-7-11-22)24-13-15-30-27(17-24)26-16-23(12-14-29(26)32-30)21-8-4-2-5-9-21;1-16-14-21(23-15-20(16)22(2,3)4)19-12-10-18(11-13-19)17-8-6-5-7-9-17;/h2-12,14-19H,1H3;5-12,14-15H,1-4H3;/q2*-1;. The Morgan fingerprint density at radius 1 is 0.482 bits per heavy atom. The SMILES string of the molecule is Cc1cc(-c2[c-]cc(-c3ccccc3)cc2)nc[c]1[Ge]([CH3])([CH3])[CH3].Cc1cnc(-c2[c-]cc3oc4ccc(-c5ccccc5)cc4c3c2)cc1-c1ccccc1.[Ir]. The van der Waals surface area contributed by atoms with Crippen LogP contribution in [0.4, 0.5) is 0 Å². The van der Waals surface area contributed by atoms with Crippen LogP contribution in [0, 0.1) is 26.0 Å². The zero-order valence-electron chi connectivity index (χ0n) is 32.2. The molecule has 0 spiro atoms. The second-order valence-corrected chi connectivity index (χ2v) is 25.6. The van der Waals surface area contributed by atoms with E-state index in [2.05, 4.69) is 177 Å². The van der Waals surface area contributed by atoms with Crippen LogP contribution in [0.5, 0.6) is 0 Å². The first-order chi connectivity index (χ1) is 26.7. The summed E-state index contributed by atoms with van der Waals surface area (Å²) in [6.45, 7) is 4.30. The van der Waals surface area contributed by atoms with Gasteiger partial charge >= 0.3 is 142 Å². The molecule has 0 saturated carbocycles. The topological polar surface area (TPSA) is 38.9 Å². The van der Waals surface area contributed by atoms with E-state index in [1.807, 2.05) is 30.5 Å². The van der Waals surface area contributed by atoms with Crippen molar-refractivity contribution in [2.24, 2.45) is 0 Å². The molecule has 0 atom stereocenters. The second kappa shape index (κ2) is 16.8. The fourth-order valence-electron chi connectivity index (χ4n) is 7.16. The van der Waals surface area contributed by atoms with Crippen molar-refractivity contribution in [3.05, 3.63) is 187 Å². The first-order valence-electron chi connectivity index (χ1n) is 18.7. The normalized spacial score (nSPS) is 11.2. The number of fused-ring (bicyclic) bond motifs is 3. The van der Waals surface area contributed by atoms with E-state index in [0.717, 1.165) is 50.0 Å². The molecule has 0 amide bonds. The maximum absolute atomic E-state index is 6.09. The number of hydrogen-bond donors (Lipinski definition) is 0. The van der Waals surface area contributed by atoms with Gasteiger partial charge < -0.3 is 9.40 Å². The number of rotatable bonds is 6. The van der Waals surface area contributed by atoms with Crippen LogP contribution >= 0.6 is 0 Å². The van der Waals surface area contributed by atoms with Gasteiger partial charge in [0.1, 0.15) is 5.58 Å². The minimum absolute atomic E-state index is 0. The van der Waals surface area contributed by atoms with Crippen LogP contribution in [0.25, 0.3) is 77.8 Å². The molecule has 0 N–H and O–H groups in total. The number of hydrogen-bond acceptors (Lipinski definition) is 3. The van der Waals surface area contributed by atoms with Gasteiger partial charge in [-0.05, 0) is 52.6 Å². The second-order valence-electron chi connectivity index (χ2n) is 15.0. The minimum atomic E-state index is -1.83. The molecule has 0 aliphatic carbocycles. The van der Waals surface area contributed by atoms with Gasteiger partial charge in [-0.1, -0.05) is 78.2 Å². The molecule has 3 heterocycles. The molecule has 0 bridgehead atoms. The molecule has 9 rings (SSSR count). The van der Waals surface area contributed by atoms with E-state index in [1.54, 1.807) is 0 Å². The Bertz CT molecular complexity index is 2740. The average Bonchev–Trinajstić information content (AvgIpc) is 3.59. The fraction of sp³-hybridized carbons (Fsp3) is 0.0980. The Hall–Kier alpha value is -5.39. The Balaban J connectivity index is 0.000000178. The van der Waals surface area contributed by atoms with Gasteiger partial charge in [0, 0.05) is 31.7 Å². The summed E-state index contributed by atoms with van der Waals surface area (Å²) in [4.78, 5) is 9.40. The molecule has 56 heavy (non-hydrogen) atoms. The molecule has 9 aromatic rings. The van der Waals surface area contributed by atoms with Crippen LogP contribution < -0.4 is 4.40 Å². The smallest absolute Gasteiger partial charge is 0.121 e. The maximum atomic E-state index is 6.09. The third-order valence-electron chi connectivity index (χ3n) is 10.1. The monoisotopic (exact) mass is 965 g/mol. The fourth-order valence-corrected chi connectivity index (χ4v) is 10.7. The van der Waals surface area contributed by atoms with Gasteiger partial charge in [0.05, 0.1) is 5.58 Å². The summed E-state index contributed by atoms with van der Waals surface area (Å²) in [5.74, 6) is 7.22. The van der Waals surface area contributed by atoms with Crippen molar-refractivity contribution in [3.63, 3.8) is 0 Å². The van der Waals surface area contributed by atoms with Gasteiger partial charge in [0.25, 0.3) is 0 Å². The molecule has 3 aromatic heterocycles. The van der Waals surface area contributed by atoms with Gasteiger partial charge in [0.2, 0.25) is 0 Å². The number of pyridine rings is 2. The van der Waals surface area contributed by atoms with Crippen molar-refractivity contribution in [1.82, 2.24) is 9.97 Å². The summed E-state index contributed by atoms with van der Waals surface area (Å²) in [5, 5.41) is 2.18. The summed E-state index contributed by atoms with van der Waals surface area (Å²) >= 11 is -1.83. The zero-order chi connectivity index (χ0) is 37.9. The predicted molar refractivity (Wildman–Crippen MR) is 233 cm³/mol. The van der Waals surface area contributed by atoms with Crippen LogP contribution in [0.1, 0.15) is 11.1 Å². The molecular formula is C51H42GeIrN2O-2. The van der Waals surface area contributed by atoms with Crippen LogP contribution in [-0.4, -0.2) is 23.2 Å². The first-order valence-corrected chi connectivity index (χ1v) is 26.1. The molecule has 0 unspecified atom stereocenters. The van der Waals surface area contributed by atoms with Crippen molar-refractivity contribution in [3.8, 4) is 55.9 Å². The molecule has 0 aliphatic rings. The number of aromatic nitrogens is 2. The van der Waals surface area contributed by atoms with Crippen molar-refractivity contribution < 1.29 is 24.5 Å². The third kappa shape index (κ3) is 8.39. The van der Waals surface area contributed by atoms with Crippen molar-refractivity contribution >= 4 is 39.6 Å². The van der Waals surface area contributed by atoms with Crippen LogP contribution in [0.15, 0.2) is 168 Å². The molecule has 0 fully saturated rings. The van der Waals surface area contributed by atoms with Crippen LogP contribution in [0.3, 0.4) is 0 Å². The van der Waals surface area contributed by atoms with E-state index in [4.69, 9.17) is 14.4 Å². The van der Waals surface area contributed by atoms with E-state index in [9.17, 15) is 0 Å². The van der Waals surface area contributed by atoms with Gasteiger partial charge in [-0.2, -0.15) is 0 Å². The Labute approximate surface area is 346 Å². The molecule has 0 saturated heterocycles. The Kier molecular flexibility index (Phi) is 11.6. The predicted octanol–water partition coefficient (Wildman–Crippen LogP) is 13.2. The van der Waals surface area contributed by atoms with E-state index >= 15 is 0 Å². The summed E-state index contributed by atoms with van der Waals surface area (Å²) < 4.78 is 7.58. The van der Waals surface area contributed by atoms with Crippen molar-refractivity contribution in [1.29, 1.82) is 0 Å². The number of furan rings is 1. The average molecular weight is 964 g/mol. The van der Waals surface area contributed by atoms with Gasteiger partial charge in [-0.15, -0.1) is 23.8 Å². The molecule has 0 aliphatic heterocycles. The van der Waals surface area contributed by atoms with E-state index in [0.29, 0.717) is 0 Å². The molecule has 3 nitrogen and oxygen atoms in total. The Morgan fingerprint density at radius 3 is 1.68 bits per heavy atom. The molecular weight excluding hydrogens is 921 g/mol. The van der Waals surface area contributed by atoms with Gasteiger partial charge in [-0.3, -0.25) is 0 Å². The summed E-state index contributed by atoms with van der Waals surface area (Å²) in [6.07, 6.45) is 4.03. The maximum Gasteiger partial charge on any atom is 0.121 e. The number of aryl methyl sites for hydroxylation is 2. The van der Waals surface area contributed by atoms with Crippen molar-refractivity contribution in [2.75, 3.05) is 0 Å². The first kappa shape index (κ1) is 38.9. The summed E-state index contributed by atoms with van der Waals surface area (Å²) in [5.41, 5.74) is 15.3. The largest absolute Gasteiger partial charge is 0.500 e. The van der Waals surface area contributed by atoms with E-state index < -0.39 is 13.3 Å². The quantitative estimate of drug-likeness (QED) is 0.123. The van der Waals surface area contributed by atoms with E-state index in [-0.39, 0.29) is 20.1 Å².